The average Bonchev–Trinajstić information content (AvgIpc) is 3.00. The molecule has 1 aromatic carbocycles. The molecular weight excluding hydrogens is 340 g/mol. The Labute approximate surface area is 158 Å². The number of anilines is 2. The predicted octanol–water partition coefficient (Wildman–Crippen LogP) is 2.90. The molecular formula is C21H24N4O2. The van der Waals surface area contributed by atoms with Crippen LogP contribution in [0.1, 0.15) is 41.8 Å². The van der Waals surface area contributed by atoms with E-state index >= 15 is 0 Å². The van der Waals surface area contributed by atoms with Gasteiger partial charge in [0.2, 0.25) is 5.91 Å². The van der Waals surface area contributed by atoms with Crippen molar-refractivity contribution in [1.29, 1.82) is 0 Å². The molecule has 0 radical (unpaired) electrons. The van der Waals surface area contributed by atoms with Gasteiger partial charge in [-0.2, -0.15) is 5.10 Å². The number of fused-ring (bicyclic) bond motifs is 2. The van der Waals surface area contributed by atoms with Crippen LogP contribution in [0.15, 0.2) is 30.9 Å². The van der Waals surface area contributed by atoms with E-state index in [2.05, 4.69) is 17.0 Å². The molecule has 0 atom stereocenters. The summed E-state index contributed by atoms with van der Waals surface area (Å²) in [5, 5.41) is 7.57. The van der Waals surface area contributed by atoms with E-state index in [9.17, 15) is 9.59 Å². The van der Waals surface area contributed by atoms with Crippen molar-refractivity contribution in [2.75, 3.05) is 10.2 Å². The number of carbonyl (C=O) groups excluding carboxylic acids is 2. The standard InChI is InChI=1S/C21H24N4O2/c1-3-21(27)25(13-19-16-6-4-5-7-17(16)23-24(19)2)15-10-8-14-9-11-20(26)22-18(14)12-15/h3,8,10,12H,1,4-7,9,11,13H2,2H3,(H,22,26). The molecule has 27 heavy (non-hydrogen) atoms. The Morgan fingerprint density at radius 1 is 1.30 bits per heavy atom. The Balaban J connectivity index is 1.70. The summed E-state index contributed by atoms with van der Waals surface area (Å²) in [5.41, 5.74) is 6.15. The topological polar surface area (TPSA) is 67.2 Å². The zero-order valence-electron chi connectivity index (χ0n) is 15.6. The van der Waals surface area contributed by atoms with Crippen molar-refractivity contribution in [2.24, 2.45) is 7.05 Å². The minimum absolute atomic E-state index is 0.0157. The van der Waals surface area contributed by atoms with Crippen LogP contribution in [-0.2, 0) is 42.4 Å². The maximum absolute atomic E-state index is 12.6. The van der Waals surface area contributed by atoms with Gasteiger partial charge in [0.05, 0.1) is 17.9 Å². The fourth-order valence-electron chi connectivity index (χ4n) is 4.03. The number of carbonyl (C=O) groups is 2. The molecule has 1 N–H and O–H groups in total. The molecule has 0 unspecified atom stereocenters. The van der Waals surface area contributed by atoms with Gasteiger partial charge < -0.3 is 10.2 Å². The molecule has 0 fully saturated rings. The van der Waals surface area contributed by atoms with Gasteiger partial charge in [-0.3, -0.25) is 14.3 Å². The van der Waals surface area contributed by atoms with Gasteiger partial charge in [0.25, 0.3) is 5.91 Å². The number of hydrogen-bond acceptors (Lipinski definition) is 3. The van der Waals surface area contributed by atoms with Crippen LogP contribution in [0.4, 0.5) is 11.4 Å². The van der Waals surface area contributed by atoms with E-state index < -0.39 is 0 Å². The Morgan fingerprint density at radius 2 is 2.11 bits per heavy atom. The third kappa shape index (κ3) is 3.27. The molecule has 2 heterocycles. The van der Waals surface area contributed by atoms with Crippen molar-refractivity contribution < 1.29 is 9.59 Å². The third-order valence-corrected chi connectivity index (χ3v) is 5.50. The van der Waals surface area contributed by atoms with E-state index in [1.807, 2.05) is 29.9 Å². The van der Waals surface area contributed by atoms with Gasteiger partial charge in [0.1, 0.15) is 0 Å². The molecule has 2 aliphatic rings. The number of rotatable bonds is 4. The molecule has 4 rings (SSSR count). The first-order valence-corrected chi connectivity index (χ1v) is 9.47. The largest absolute Gasteiger partial charge is 0.326 e. The highest BCUT2D eigenvalue weighted by Crippen LogP contribution is 2.30. The van der Waals surface area contributed by atoms with Gasteiger partial charge in [-0.05, 0) is 61.4 Å². The molecule has 0 saturated heterocycles. The second kappa shape index (κ2) is 7.02. The Kier molecular flexibility index (Phi) is 4.56. The van der Waals surface area contributed by atoms with Crippen LogP contribution in [0, 0.1) is 0 Å². The zero-order valence-corrected chi connectivity index (χ0v) is 15.6. The van der Waals surface area contributed by atoms with Crippen molar-refractivity contribution >= 4 is 23.2 Å². The van der Waals surface area contributed by atoms with Crippen LogP contribution in [0.25, 0.3) is 0 Å². The van der Waals surface area contributed by atoms with Crippen LogP contribution in [0.5, 0.6) is 0 Å². The lowest BCUT2D eigenvalue weighted by atomic mass is 9.95. The van der Waals surface area contributed by atoms with Crippen LogP contribution in [0.2, 0.25) is 0 Å². The fourth-order valence-corrected chi connectivity index (χ4v) is 4.03. The quantitative estimate of drug-likeness (QED) is 0.848. The Bertz CT molecular complexity index is 929. The number of benzene rings is 1. The minimum atomic E-state index is -0.164. The van der Waals surface area contributed by atoms with E-state index in [1.54, 1.807) is 4.90 Å². The van der Waals surface area contributed by atoms with Crippen LogP contribution in [0.3, 0.4) is 0 Å². The first kappa shape index (κ1) is 17.5. The normalized spacial score (nSPS) is 15.5. The molecule has 140 valence electrons. The van der Waals surface area contributed by atoms with Crippen molar-refractivity contribution in [2.45, 2.75) is 45.1 Å². The highest BCUT2D eigenvalue weighted by atomic mass is 16.2. The summed E-state index contributed by atoms with van der Waals surface area (Å²) in [5.74, 6) is -0.148. The average molecular weight is 364 g/mol. The summed E-state index contributed by atoms with van der Waals surface area (Å²) in [6, 6.07) is 5.82. The van der Waals surface area contributed by atoms with Crippen LogP contribution in [-0.4, -0.2) is 21.6 Å². The fraction of sp³-hybridized carbons (Fsp3) is 0.381. The maximum Gasteiger partial charge on any atom is 0.250 e. The molecule has 2 aromatic rings. The highest BCUT2D eigenvalue weighted by Gasteiger charge is 2.24. The maximum atomic E-state index is 12.6. The summed E-state index contributed by atoms with van der Waals surface area (Å²) in [4.78, 5) is 26.1. The van der Waals surface area contributed by atoms with E-state index in [-0.39, 0.29) is 11.8 Å². The minimum Gasteiger partial charge on any atom is -0.326 e. The first-order valence-electron chi connectivity index (χ1n) is 9.47. The van der Waals surface area contributed by atoms with Gasteiger partial charge in [0, 0.05) is 24.8 Å². The van der Waals surface area contributed by atoms with Crippen molar-refractivity contribution in [1.82, 2.24) is 9.78 Å². The zero-order chi connectivity index (χ0) is 19.0. The number of aromatic nitrogens is 2. The molecule has 0 spiro atoms. The highest BCUT2D eigenvalue weighted by molar-refractivity contribution is 6.02. The van der Waals surface area contributed by atoms with Gasteiger partial charge in [-0.25, -0.2) is 0 Å². The molecule has 6 nitrogen and oxygen atoms in total. The molecule has 1 aliphatic carbocycles. The second-order valence-electron chi connectivity index (χ2n) is 7.22. The summed E-state index contributed by atoms with van der Waals surface area (Å²) in [7, 11) is 1.94. The van der Waals surface area contributed by atoms with E-state index in [4.69, 9.17) is 0 Å². The van der Waals surface area contributed by atoms with Crippen molar-refractivity contribution in [3.8, 4) is 0 Å². The molecule has 6 heteroatoms. The van der Waals surface area contributed by atoms with Gasteiger partial charge in [-0.1, -0.05) is 12.6 Å². The lowest BCUT2D eigenvalue weighted by Crippen LogP contribution is -2.30. The number of nitrogens with zero attached hydrogens (tertiary/aromatic N) is 3. The van der Waals surface area contributed by atoms with Gasteiger partial charge in [0.15, 0.2) is 0 Å². The molecule has 0 bridgehead atoms. The van der Waals surface area contributed by atoms with E-state index in [1.165, 1.54) is 18.1 Å². The van der Waals surface area contributed by atoms with Crippen molar-refractivity contribution in [3.63, 3.8) is 0 Å². The Morgan fingerprint density at radius 3 is 2.93 bits per heavy atom. The van der Waals surface area contributed by atoms with Crippen LogP contribution < -0.4 is 10.2 Å². The van der Waals surface area contributed by atoms with Crippen LogP contribution >= 0.6 is 0 Å². The second-order valence-corrected chi connectivity index (χ2v) is 7.22. The van der Waals surface area contributed by atoms with Crippen molar-refractivity contribution in [3.05, 3.63) is 53.4 Å². The summed E-state index contributed by atoms with van der Waals surface area (Å²) >= 11 is 0. The summed E-state index contributed by atoms with van der Waals surface area (Å²) in [6.07, 6.45) is 6.91. The first-order chi connectivity index (χ1) is 13.1. The van der Waals surface area contributed by atoms with Gasteiger partial charge in [-0.15, -0.1) is 0 Å². The summed E-state index contributed by atoms with van der Waals surface area (Å²) < 4.78 is 1.90. The third-order valence-electron chi connectivity index (χ3n) is 5.50. The van der Waals surface area contributed by atoms with E-state index in [0.29, 0.717) is 13.0 Å². The van der Waals surface area contributed by atoms with Gasteiger partial charge >= 0.3 is 0 Å². The lowest BCUT2D eigenvalue weighted by Gasteiger charge is -2.25. The SMILES string of the molecule is C=CC(=O)N(Cc1c2c(nn1C)CCCC2)c1ccc2c(c1)NC(=O)CC2. The molecule has 1 aliphatic heterocycles. The Hall–Kier alpha value is -2.89. The number of hydrogen-bond donors (Lipinski definition) is 1. The molecule has 2 amide bonds. The van der Waals surface area contributed by atoms with E-state index in [0.717, 1.165) is 54.0 Å². The monoisotopic (exact) mass is 364 g/mol. The molecule has 1 aromatic heterocycles. The number of amides is 2. The number of nitrogens with one attached hydrogen (secondary N) is 1. The predicted molar refractivity (Wildman–Crippen MR) is 105 cm³/mol. The number of aryl methyl sites for hydroxylation is 3. The lowest BCUT2D eigenvalue weighted by molar-refractivity contribution is -0.116. The smallest absolute Gasteiger partial charge is 0.250 e. The summed E-state index contributed by atoms with van der Waals surface area (Å²) in [6.45, 7) is 4.10. The molecule has 0 saturated carbocycles.